The number of imidazole rings is 1. The molecule has 3 aromatic rings. The fourth-order valence-corrected chi connectivity index (χ4v) is 3.34. The zero-order valence-corrected chi connectivity index (χ0v) is 18.1. The fraction of sp³-hybridized carbons (Fsp3) is 0.391. The summed E-state index contributed by atoms with van der Waals surface area (Å²) in [5, 5.41) is 0.648. The van der Waals surface area contributed by atoms with Crippen LogP contribution in [-0.2, 0) is 11.3 Å². The van der Waals surface area contributed by atoms with E-state index in [9.17, 15) is 4.79 Å². The lowest BCUT2D eigenvalue weighted by atomic mass is 10.1. The highest BCUT2D eigenvalue weighted by molar-refractivity contribution is 6.31. The van der Waals surface area contributed by atoms with E-state index in [0.29, 0.717) is 36.3 Å². The van der Waals surface area contributed by atoms with Gasteiger partial charge in [-0.3, -0.25) is 0 Å². The molecule has 1 heterocycles. The molecule has 0 unspecified atom stereocenters. The Labute approximate surface area is 176 Å². The summed E-state index contributed by atoms with van der Waals surface area (Å²) >= 11 is 6.53. The molecule has 0 aliphatic carbocycles. The summed E-state index contributed by atoms with van der Waals surface area (Å²) in [6.07, 6.45) is 1.00. The summed E-state index contributed by atoms with van der Waals surface area (Å²) in [4.78, 5) is 16.7. The SMILES string of the molecule is CCOC(=O)c1ccc2nc(C)n(Cc3ccc(OCCC(C)C)cc3Cl)c2c1. The van der Waals surface area contributed by atoms with Crippen molar-refractivity contribution in [2.75, 3.05) is 13.2 Å². The highest BCUT2D eigenvalue weighted by Gasteiger charge is 2.14. The first-order valence-electron chi connectivity index (χ1n) is 9.94. The van der Waals surface area contributed by atoms with Gasteiger partial charge in [0, 0.05) is 5.02 Å². The van der Waals surface area contributed by atoms with Gasteiger partial charge in [-0.25, -0.2) is 9.78 Å². The topological polar surface area (TPSA) is 53.3 Å². The summed E-state index contributed by atoms with van der Waals surface area (Å²) in [5.74, 6) is 1.90. The van der Waals surface area contributed by atoms with Crippen LogP contribution in [0.15, 0.2) is 36.4 Å². The van der Waals surface area contributed by atoms with E-state index in [0.717, 1.165) is 34.6 Å². The average molecular weight is 415 g/mol. The van der Waals surface area contributed by atoms with Gasteiger partial charge in [0.15, 0.2) is 0 Å². The maximum absolute atomic E-state index is 12.1. The highest BCUT2D eigenvalue weighted by Crippen LogP contribution is 2.26. The lowest BCUT2D eigenvalue weighted by molar-refractivity contribution is 0.0526. The molecular formula is C23H27ClN2O3. The maximum atomic E-state index is 12.1. The molecule has 0 radical (unpaired) electrons. The van der Waals surface area contributed by atoms with Gasteiger partial charge in [-0.1, -0.05) is 31.5 Å². The van der Waals surface area contributed by atoms with Crippen molar-refractivity contribution in [2.24, 2.45) is 5.92 Å². The van der Waals surface area contributed by atoms with Crippen LogP contribution in [0.2, 0.25) is 5.02 Å². The molecule has 0 aliphatic rings. The molecule has 5 nitrogen and oxygen atoms in total. The number of aromatic nitrogens is 2. The van der Waals surface area contributed by atoms with Crippen molar-refractivity contribution in [1.29, 1.82) is 0 Å². The van der Waals surface area contributed by atoms with Crippen LogP contribution in [0.5, 0.6) is 5.75 Å². The number of aryl methyl sites for hydroxylation is 1. The van der Waals surface area contributed by atoms with Crippen molar-refractivity contribution in [3.05, 3.63) is 58.4 Å². The molecule has 0 amide bonds. The molecule has 0 saturated carbocycles. The predicted octanol–water partition coefficient (Wildman–Crippen LogP) is 5.65. The smallest absolute Gasteiger partial charge is 0.338 e. The molecule has 0 spiro atoms. The number of carbonyl (C=O) groups excluding carboxylic acids is 1. The number of hydrogen-bond donors (Lipinski definition) is 0. The van der Waals surface area contributed by atoms with E-state index in [2.05, 4.69) is 23.4 Å². The van der Waals surface area contributed by atoms with Crippen molar-refractivity contribution in [2.45, 2.75) is 40.7 Å². The Balaban J connectivity index is 1.84. The third-order valence-corrected chi connectivity index (χ3v) is 5.12. The molecule has 0 fully saturated rings. The summed E-state index contributed by atoms with van der Waals surface area (Å²) in [6.45, 7) is 9.66. The minimum absolute atomic E-state index is 0.333. The zero-order chi connectivity index (χ0) is 21.0. The first-order chi connectivity index (χ1) is 13.9. The van der Waals surface area contributed by atoms with E-state index in [1.165, 1.54) is 0 Å². The fourth-order valence-electron chi connectivity index (χ4n) is 3.11. The normalized spacial score (nSPS) is 11.2. The number of halogens is 1. The Morgan fingerprint density at radius 3 is 2.69 bits per heavy atom. The van der Waals surface area contributed by atoms with E-state index in [1.54, 1.807) is 13.0 Å². The molecule has 29 heavy (non-hydrogen) atoms. The zero-order valence-electron chi connectivity index (χ0n) is 17.4. The monoisotopic (exact) mass is 414 g/mol. The number of benzene rings is 2. The summed E-state index contributed by atoms with van der Waals surface area (Å²) in [6, 6.07) is 11.2. The largest absolute Gasteiger partial charge is 0.494 e. The van der Waals surface area contributed by atoms with Crippen LogP contribution in [0.3, 0.4) is 0 Å². The Morgan fingerprint density at radius 2 is 2.00 bits per heavy atom. The maximum Gasteiger partial charge on any atom is 0.338 e. The lowest BCUT2D eigenvalue weighted by Gasteiger charge is -2.12. The lowest BCUT2D eigenvalue weighted by Crippen LogP contribution is -2.06. The van der Waals surface area contributed by atoms with Gasteiger partial charge in [0.25, 0.3) is 0 Å². The van der Waals surface area contributed by atoms with Gasteiger partial charge < -0.3 is 14.0 Å². The van der Waals surface area contributed by atoms with Crippen molar-refractivity contribution in [3.8, 4) is 5.75 Å². The second-order valence-corrected chi connectivity index (χ2v) is 7.86. The van der Waals surface area contributed by atoms with Crippen molar-refractivity contribution in [1.82, 2.24) is 9.55 Å². The van der Waals surface area contributed by atoms with Crippen LogP contribution in [-0.4, -0.2) is 28.7 Å². The van der Waals surface area contributed by atoms with Gasteiger partial charge in [0.1, 0.15) is 11.6 Å². The van der Waals surface area contributed by atoms with Gasteiger partial charge in [0.05, 0.1) is 36.4 Å². The standard InChI is InChI=1S/C23H27ClN2O3/c1-5-28-23(27)17-7-9-21-22(12-17)26(16(4)25-21)14-18-6-8-19(13-20(18)24)29-11-10-15(2)3/h6-9,12-13,15H,5,10-11,14H2,1-4H3. The van der Waals surface area contributed by atoms with E-state index in [-0.39, 0.29) is 5.97 Å². The number of ether oxygens (including phenoxy) is 2. The van der Waals surface area contributed by atoms with Gasteiger partial charge >= 0.3 is 5.97 Å². The van der Waals surface area contributed by atoms with Crippen LogP contribution in [0.25, 0.3) is 11.0 Å². The number of rotatable bonds is 8. The Hall–Kier alpha value is -2.53. The second kappa shape index (κ2) is 9.31. The number of carbonyl (C=O) groups is 1. The summed E-state index contributed by atoms with van der Waals surface area (Å²) in [7, 11) is 0. The molecule has 154 valence electrons. The number of hydrogen-bond acceptors (Lipinski definition) is 4. The van der Waals surface area contributed by atoms with Crippen LogP contribution in [0.1, 0.15) is 48.9 Å². The molecule has 0 saturated heterocycles. The van der Waals surface area contributed by atoms with Crippen LogP contribution in [0, 0.1) is 12.8 Å². The molecule has 6 heteroatoms. The van der Waals surface area contributed by atoms with E-state index < -0.39 is 0 Å². The molecule has 0 bridgehead atoms. The molecule has 3 rings (SSSR count). The third-order valence-electron chi connectivity index (χ3n) is 4.77. The number of esters is 1. The van der Waals surface area contributed by atoms with Crippen LogP contribution in [0.4, 0.5) is 0 Å². The summed E-state index contributed by atoms with van der Waals surface area (Å²) < 4.78 is 13.0. The second-order valence-electron chi connectivity index (χ2n) is 7.45. The van der Waals surface area contributed by atoms with E-state index in [4.69, 9.17) is 21.1 Å². The van der Waals surface area contributed by atoms with Gasteiger partial charge in [-0.05, 0) is 62.1 Å². The number of fused-ring (bicyclic) bond motifs is 1. The molecule has 0 atom stereocenters. The third kappa shape index (κ3) is 5.10. The van der Waals surface area contributed by atoms with E-state index >= 15 is 0 Å². The van der Waals surface area contributed by atoms with Crippen LogP contribution >= 0.6 is 11.6 Å². The summed E-state index contributed by atoms with van der Waals surface area (Å²) in [5.41, 5.74) is 3.19. The molecule has 0 aliphatic heterocycles. The van der Waals surface area contributed by atoms with Crippen molar-refractivity contribution < 1.29 is 14.3 Å². The van der Waals surface area contributed by atoms with Gasteiger partial charge in [-0.2, -0.15) is 0 Å². The molecule has 1 aromatic heterocycles. The minimum atomic E-state index is -0.333. The van der Waals surface area contributed by atoms with Gasteiger partial charge in [0.2, 0.25) is 0 Å². The Bertz CT molecular complexity index is 1010. The van der Waals surface area contributed by atoms with Gasteiger partial charge in [-0.15, -0.1) is 0 Å². The Morgan fingerprint density at radius 1 is 1.21 bits per heavy atom. The minimum Gasteiger partial charge on any atom is -0.494 e. The highest BCUT2D eigenvalue weighted by atomic mass is 35.5. The average Bonchev–Trinajstić information content (AvgIpc) is 2.98. The first-order valence-corrected chi connectivity index (χ1v) is 10.3. The van der Waals surface area contributed by atoms with Crippen molar-refractivity contribution in [3.63, 3.8) is 0 Å². The molecular weight excluding hydrogens is 388 g/mol. The first kappa shape index (κ1) is 21.2. The number of nitrogens with zero attached hydrogens (tertiary/aromatic N) is 2. The molecule has 0 N–H and O–H groups in total. The quantitative estimate of drug-likeness (QED) is 0.447. The molecule has 2 aromatic carbocycles. The van der Waals surface area contributed by atoms with Crippen molar-refractivity contribution >= 4 is 28.6 Å². The van der Waals surface area contributed by atoms with E-state index in [1.807, 2.05) is 37.3 Å². The predicted molar refractivity (Wildman–Crippen MR) is 116 cm³/mol. The Kier molecular flexibility index (Phi) is 6.80. The van der Waals surface area contributed by atoms with Crippen LogP contribution < -0.4 is 4.74 Å².